The zero-order chi connectivity index (χ0) is 14.8. The highest BCUT2D eigenvalue weighted by Crippen LogP contribution is 2.21. The Morgan fingerprint density at radius 2 is 2.19 bits per heavy atom. The van der Waals surface area contributed by atoms with Gasteiger partial charge >= 0.3 is 0 Å². The molecule has 2 aromatic heterocycles. The van der Waals surface area contributed by atoms with Crippen molar-refractivity contribution in [1.29, 1.82) is 0 Å². The number of aryl methyl sites for hydroxylation is 1. The molecule has 1 amide bonds. The Labute approximate surface area is 123 Å². The Bertz CT molecular complexity index is 658. The summed E-state index contributed by atoms with van der Waals surface area (Å²) in [4.78, 5) is 28.8. The Morgan fingerprint density at radius 1 is 1.33 bits per heavy atom. The van der Waals surface area contributed by atoms with Crippen LogP contribution in [0.25, 0.3) is 11.4 Å². The van der Waals surface area contributed by atoms with Crippen LogP contribution in [0.2, 0.25) is 0 Å². The van der Waals surface area contributed by atoms with Crippen LogP contribution in [0.1, 0.15) is 12.6 Å². The summed E-state index contributed by atoms with van der Waals surface area (Å²) in [6.07, 6.45) is 3.46. The molecule has 3 heterocycles. The molecule has 21 heavy (non-hydrogen) atoms. The van der Waals surface area contributed by atoms with Gasteiger partial charge in [-0.1, -0.05) is 0 Å². The molecule has 1 aliphatic heterocycles. The molecule has 6 nitrogen and oxygen atoms in total. The second-order valence-corrected chi connectivity index (χ2v) is 5.02. The van der Waals surface area contributed by atoms with Gasteiger partial charge in [-0.3, -0.25) is 9.78 Å². The average Bonchev–Trinajstić information content (AvgIpc) is 2.89. The van der Waals surface area contributed by atoms with Gasteiger partial charge in [0.25, 0.3) is 0 Å². The largest absolute Gasteiger partial charge is 0.329 e. The molecule has 108 valence electrons. The molecule has 1 fully saturated rings. The molecule has 3 rings (SSSR count). The van der Waals surface area contributed by atoms with Crippen LogP contribution < -0.4 is 4.90 Å². The summed E-state index contributed by atoms with van der Waals surface area (Å²) < 4.78 is 0. The quantitative estimate of drug-likeness (QED) is 0.853. The van der Waals surface area contributed by atoms with Gasteiger partial charge < -0.3 is 9.80 Å². The first-order valence-corrected chi connectivity index (χ1v) is 6.96. The molecule has 1 saturated heterocycles. The van der Waals surface area contributed by atoms with Gasteiger partial charge in [0.1, 0.15) is 12.4 Å². The molecule has 6 heteroatoms. The SMILES string of the molecule is CCN1CN(c2cc(C)nc(-c3cccnc3)n2)CC1=O. The van der Waals surface area contributed by atoms with E-state index in [-0.39, 0.29) is 5.91 Å². The zero-order valence-electron chi connectivity index (χ0n) is 12.2. The topological polar surface area (TPSA) is 62.2 Å². The Kier molecular flexibility index (Phi) is 3.51. The van der Waals surface area contributed by atoms with Crippen LogP contribution in [-0.4, -0.2) is 45.5 Å². The fourth-order valence-electron chi connectivity index (χ4n) is 2.37. The Morgan fingerprint density at radius 3 is 2.86 bits per heavy atom. The normalized spacial score (nSPS) is 14.9. The summed E-state index contributed by atoms with van der Waals surface area (Å²) in [6.45, 7) is 5.58. The predicted octanol–water partition coefficient (Wildman–Crippen LogP) is 1.47. The van der Waals surface area contributed by atoms with Crippen molar-refractivity contribution in [2.75, 3.05) is 24.7 Å². The number of carbonyl (C=O) groups is 1. The molecule has 0 unspecified atom stereocenters. The lowest BCUT2D eigenvalue weighted by molar-refractivity contribution is -0.126. The first-order valence-electron chi connectivity index (χ1n) is 6.96. The molecule has 0 aromatic carbocycles. The average molecular weight is 283 g/mol. The number of pyridine rings is 1. The fraction of sp³-hybridized carbons (Fsp3) is 0.333. The summed E-state index contributed by atoms with van der Waals surface area (Å²) in [6, 6.07) is 5.70. The van der Waals surface area contributed by atoms with Gasteiger partial charge in [-0.05, 0) is 26.0 Å². The Hall–Kier alpha value is -2.50. The minimum atomic E-state index is 0.136. The van der Waals surface area contributed by atoms with Crippen LogP contribution in [-0.2, 0) is 4.79 Å². The standard InChI is InChI=1S/C15H17N5O/c1-3-19-10-20(9-14(19)21)13-7-11(2)17-15(18-13)12-5-4-6-16-8-12/h4-8H,3,9-10H2,1-2H3. The summed E-state index contributed by atoms with van der Waals surface area (Å²) in [5, 5.41) is 0. The molecule has 0 radical (unpaired) electrons. The minimum Gasteiger partial charge on any atom is -0.329 e. The van der Waals surface area contributed by atoms with Crippen molar-refractivity contribution in [3.63, 3.8) is 0 Å². The first kappa shape index (κ1) is 13.5. The number of likely N-dealkylation sites (N-methyl/N-ethyl adjacent to an activating group) is 1. The Balaban J connectivity index is 1.94. The van der Waals surface area contributed by atoms with Crippen molar-refractivity contribution in [3.05, 3.63) is 36.3 Å². The molecule has 0 atom stereocenters. The molecular formula is C15H17N5O. The van der Waals surface area contributed by atoms with Crippen LogP contribution in [0.4, 0.5) is 5.82 Å². The van der Waals surface area contributed by atoms with Gasteiger partial charge in [-0.2, -0.15) is 0 Å². The van der Waals surface area contributed by atoms with Crippen molar-refractivity contribution in [3.8, 4) is 11.4 Å². The number of hydrogen-bond acceptors (Lipinski definition) is 5. The monoisotopic (exact) mass is 283 g/mol. The smallest absolute Gasteiger partial charge is 0.243 e. The number of nitrogens with zero attached hydrogens (tertiary/aromatic N) is 5. The zero-order valence-corrected chi connectivity index (χ0v) is 12.2. The van der Waals surface area contributed by atoms with E-state index in [2.05, 4.69) is 15.0 Å². The maximum Gasteiger partial charge on any atom is 0.243 e. The third-order valence-electron chi connectivity index (χ3n) is 3.49. The second kappa shape index (κ2) is 5.47. The number of anilines is 1. The number of rotatable bonds is 3. The predicted molar refractivity (Wildman–Crippen MR) is 79.6 cm³/mol. The van der Waals surface area contributed by atoms with E-state index in [0.29, 0.717) is 19.0 Å². The lowest BCUT2D eigenvalue weighted by atomic mass is 10.2. The molecule has 1 aliphatic rings. The van der Waals surface area contributed by atoms with Gasteiger partial charge in [0, 0.05) is 36.3 Å². The van der Waals surface area contributed by atoms with E-state index >= 15 is 0 Å². The van der Waals surface area contributed by atoms with E-state index in [4.69, 9.17) is 0 Å². The van der Waals surface area contributed by atoms with E-state index in [1.54, 1.807) is 17.3 Å². The van der Waals surface area contributed by atoms with Crippen molar-refractivity contribution in [2.45, 2.75) is 13.8 Å². The lowest BCUT2D eigenvalue weighted by Crippen LogP contribution is -2.27. The van der Waals surface area contributed by atoms with Crippen LogP contribution in [0, 0.1) is 6.92 Å². The van der Waals surface area contributed by atoms with Gasteiger partial charge in [0.05, 0.1) is 6.67 Å². The van der Waals surface area contributed by atoms with Gasteiger partial charge in [-0.25, -0.2) is 9.97 Å². The highest BCUT2D eigenvalue weighted by atomic mass is 16.2. The van der Waals surface area contributed by atoms with Crippen LogP contribution >= 0.6 is 0 Å². The van der Waals surface area contributed by atoms with Gasteiger partial charge in [0.15, 0.2) is 5.82 Å². The number of hydrogen-bond donors (Lipinski definition) is 0. The summed E-state index contributed by atoms with van der Waals surface area (Å²) in [5.41, 5.74) is 1.75. The minimum absolute atomic E-state index is 0.136. The molecule has 0 bridgehead atoms. The summed E-state index contributed by atoms with van der Waals surface area (Å²) >= 11 is 0. The maximum atomic E-state index is 11.9. The van der Waals surface area contributed by atoms with Crippen molar-refractivity contribution >= 4 is 11.7 Å². The third kappa shape index (κ3) is 2.69. The van der Waals surface area contributed by atoms with E-state index < -0.39 is 0 Å². The number of aromatic nitrogens is 3. The lowest BCUT2D eigenvalue weighted by Gasteiger charge is -2.18. The summed E-state index contributed by atoms with van der Waals surface area (Å²) in [7, 11) is 0. The van der Waals surface area contributed by atoms with Gasteiger partial charge in [-0.15, -0.1) is 0 Å². The third-order valence-corrected chi connectivity index (χ3v) is 3.49. The highest BCUT2D eigenvalue weighted by Gasteiger charge is 2.27. The maximum absolute atomic E-state index is 11.9. The number of carbonyl (C=O) groups excluding carboxylic acids is 1. The molecule has 2 aromatic rings. The van der Waals surface area contributed by atoms with Crippen LogP contribution in [0.5, 0.6) is 0 Å². The molecule has 0 spiro atoms. The summed E-state index contributed by atoms with van der Waals surface area (Å²) in [5.74, 6) is 1.56. The molecule has 0 aliphatic carbocycles. The molecule has 0 saturated carbocycles. The number of amides is 1. The van der Waals surface area contributed by atoms with Crippen LogP contribution in [0.3, 0.4) is 0 Å². The van der Waals surface area contributed by atoms with Crippen molar-refractivity contribution in [1.82, 2.24) is 19.9 Å². The van der Waals surface area contributed by atoms with E-state index in [9.17, 15) is 4.79 Å². The van der Waals surface area contributed by atoms with E-state index in [1.165, 1.54) is 0 Å². The first-order chi connectivity index (χ1) is 10.2. The van der Waals surface area contributed by atoms with Gasteiger partial charge in [0.2, 0.25) is 5.91 Å². The molecular weight excluding hydrogens is 266 g/mol. The fourth-order valence-corrected chi connectivity index (χ4v) is 2.37. The second-order valence-electron chi connectivity index (χ2n) is 5.02. The molecule has 0 N–H and O–H groups in total. The van der Waals surface area contributed by atoms with Crippen molar-refractivity contribution < 1.29 is 4.79 Å². The van der Waals surface area contributed by atoms with Crippen LogP contribution in [0.15, 0.2) is 30.6 Å². The highest BCUT2D eigenvalue weighted by molar-refractivity contribution is 5.84. The van der Waals surface area contributed by atoms with E-state index in [1.807, 2.05) is 36.9 Å². The van der Waals surface area contributed by atoms with E-state index in [0.717, 1.165) is 23.6 Å². The van der Waals surface area contributed by atoms with Crippen molar-refractivity contribution in [2.24, 2.45) is 0 Å².